The molecule has 0 saturated carbocycles. The van der Waals surface area contributed by atoms with Gasteiger partial charge in [-0.2, -0.15) is 0 Å². The van der Waals surface area contributed by atoms with Crippen molar-refractivity contribution >= 4 is 17.3 Å². The van der Waals surface area contributed by atoms with E-state index in [0.29, 0.717) is 24.3 Å². The molecule has 150 valence electrons. The van der Waals surface area contributed by atoms with Crippen LogP contribution in [0.5, 0.6) is 5.75 Å². The third-order valence-electron chi connectivity index (χ3n) is 5.02. The summed E-state index contributed by atoms with van der Waals surface area (Å²) in [6, 6.07) is 13.0. The van der Waals surface area contributed by atoms with E-state index in [1.54, 1.807) is 19.2 Å². The number of hydrogen-bond donors (Lipinski definition) is 1. The largest absolute Gasteiger partial charge is 0.497 e. The lowest BCUT2D eigenvalue weighted by Crippen LogP contribution is -2.37. The number of nitrogens with two attached hydrogens (primary N) is 1. The maximum absolute atomic E-state index is 13.3. The van der Waals surface area contributed by atoms with E-state index in [2.05, 4.69) is 0 Å². The molecule has 0 bridgehead atoms. The molecule has 6 nitrogen and oxygen atoms in total. The molecule has 0 unspecified atom stereocenters. The first-order chi connectivity index (χ1) is 13.5. The molecule has 1 aliphatic heterocycles. The minimum absolute atomic E-state index is 0.0229. The Morgan fingerprint density at radius 2 is 1.96 bits per heavy atom. The fraction of sp³-hybridized carbons (Fsp3) is 0.409. The fourth-order valence-corrected chi connectivity index (χ4v) is 3.54. The Morgan fingerprint density at radius 3 is 2.57 bits per heavy atom. The van der Waals surface area contributed by atoms with Crippen LogP contribution in [0.15, 0.2) is 42.5 Å². The van der Waals surface area contributed by atoms with Gasteiger partial charge in [0.2, 0.25) is 0 Å². The van der Waals surface area contributed by atoms with Gasteiger partial charge in [0.25, 0.3) is 5.91 Å². The molecule has 2 aromatic carbocycles. The zero-order valence-electron chi connectivity index (χ0n) is 16.9. The van der Waals surface area contributed by atoms with Crippen molar-refractivity contribution < 1.29 is 14.3 Å². The van der Waals surface area contributed by atoms with Gasteiger partial charge in [-0.25, -0.2) is 0 Å². The van der Waals surface area contributed by atoms with Crippen molar-refractivity contribution in [2.45, 2.75) is 25.5 Å². The van der Waals surface area contributed by atoms with Gasteiger partial charge in [0.1, 0.15) is 5.75 Å². The Morgan fingerprint density at radius 1 is 1.21 bits per heavy atom. The summed E-state index contributed by atoms with van der Waals surface area (Å²) in [5.41, 5.74) is 9.42. The third-order valence-corrected chi connectivity index (χ3v) is 5.02. The van der Waals surface area contributed by atoms with Crippen LogP contribution >= 0.6 is 0 Å². The number of carbonyl (C=O) groups is 1. The monoisotopic (exact) mass is 383 g/mol. The van der Waals surface area contributed by atoms with Gasteiger partial charge in [0.05, 0.1) is 13.2 Å². The molecule has 1 amide bonds. The zero-order valence-corrected chi connectivity index (χ0v) is 16.9. The van der Waals surface area contributed by atoms with Crippen LogP contribution in [0.25, 0.3) is 0 Å². The number of methoxy groups -OCH3 is 1. The zero-order chi connectivity index (χ0) is 20.1. The average Bonchev–Trinajstić information content (AvgIpc) is 3.20. The lowest BCUT2D eigenvalue weighted by molar-refractivity contribution is 0.0507. The lowest BCUT2D eigenvalue weighted by Gasteiger charge is -2.28. The molecule has 0 aliphatic carbocycles. The molecule has 0 radical (unpaired) electrons. The fourth-order valence-electron chi connectivity index (χ4n) is 3.54. The van der Waals surface area contributed by atoms with E-state index in [9.17, 15) is 4.79 Å². The summed E-state index contributed by atoms with van der Waals surface area (Å²) >= 11 is 0. The van der Waals surface area contributed by atoms with Crippen LogP contribution in [0.1, 0.15) is 28.8 Å². The van der Waals surface area contributed by atoms with Crippen LogP contribution in [0.3, 0.4) is 0 Å². The number of nitrogens with zero attached hydrogens (tertiary/aromatic N) is 2. The molecule has 1 fully saturated rings. The van der Waals surface area contributed by atoms with Crippen molar-refractivity contribution in [2.24, 2.45) is 0 Å². The van der Waals surface area contributed by atoms with E-state index >= 15 is 0 Å². The van der Waals surface area contributed by atoms with Gasteiger partial charge < -0.3 is 25.0 Å². The number of hydrogen-bond acceptors (Lipinski definition) is 5. The van der Waals surface area contributed by atoms with Crippen molar-refractivity contribution in [1.82, 2.24) is 4.90 Å². The SMILES string of the molecule is COc1ccc(C(=O)N(Cc2cc(N)ccc2N(C)C)C[C@@H]2CCCO2)cc1. The van der Waals surface area contributed by atoms with Crippen LogP contribution < -0.4 is 15.4 Å². The Kier molecular flexibility index (Phi) is 6.41. The maximum Gasteiger partial charge on any atom is 0.254 e. The molecule has 3 rings (SSSR count). The number of ether oxygens (including phenoxy) is 2. The second kappa shape index (κ2) is 8.97. The Bertz CT molecular complexity index is 799. The molecule has 2 N–H and O–H groups in total. The molecule has 1 aliphatic rings. The molecular formula is C22H29N3O3. The molecule has 1 heterocycles. The van der Waals surface area contributed by atoms with Crippen LogP contribution in [0, 0.1) is 0 Å². The highest BCUT2D eigenvalue weighted by Crippen LogP contribution is 2.25. The highest BCUT2D eigenvalue weighted by molar-refractivity contribution is 5.94. The standard InChI is InChI=1S/C22H29N3O3/c1-24(2)21-11-8-18(23)13-17(21)14-25(15-20-5-4-12-28-20)22(26)16-6-9-19(27-3)10-7-16/h6-11,13,20H,4-5,12,14-15,23H2,1-3H3/t20-/m0/s1. The van der Waals surface area contributed by atoms with Crippen LogP contribution in [-0.4, -0.2) is 51.3 Å². The molecule has 0 aromatic heterocycles. The van der Waals surface area contributed by atoms with E-state index in [-0.39, 0.29) is 12.0 Å². The summed E-state index contributed by atoms with van der Waals surface area (Å²) in [4.78, 5) is 17.2. The van der Waals surface area contributed by atoms with Crippen LogP contribution in [0.4, 0.5) is 11.4 Å². The Hall–Kier alpha value is -2.73. The van der Waals surface area contributed by atoms with E-state index in [1.807, 2.05) is 54.2 Å². The molecule has 28 heavy (non-hydrogen) atoms. The van der Waals surface area contributed by atoms with E-state index in [4.69, 9.17) is 15.2 Å². The van der Waals surface area contributed by atoms with Crippen molar-refractivity contribution in [3.05, 3.63) is 53.6 Å². The summed E-state index contributed by atoms with van der Waals surface area (Å²) in [6.07, 6.45) is 2.09. The van der Waals surface area contributed by atoms with Gasteiger partial charge in [0.15, 0.2) is 0 Å². The number of amides is 1. The first-order valence-corrected chi connectivity index (χ1v) is 9.58. The predicted molar refractivity (Wildman–Crippen MR) is 112 cm³/mol. The number of carbonyl (C=O) groups excluding carboxylic acids is 1. The maximum atomic E-state index is 13.3. The summed E-state index contributed by atoms with van der Waals surface area (Å²) < 4.78 is 11.0. The smallest absolute Gasteiger partial charge is 0.254 e. The van der Waals surface area contributed by atoms with E-state index < -0.39 is 0 Å². The topological polar surface area (TPSA) is 68.0 Å². The third kappa shape index (κ3) is 4.75. The minimum Gasteiger partial charge on any atom is -0.497 e. The van der Waals surface area contributed by atoms with Crippen LogP contribution in [0.2, 0.25) is 0 Å². The molecule has 1 saturated heterocycles. The number of nitrogen functional groups attached to an aromatic ring is 1. The molecular weight excluding hydrogens is 354 g/mol. The summed E-state index contributed by atoms with van der Waals surface area (Å²) in [6.45, 7) is 1.80. The van der Waals surface area contributed by atoms with Crippen molar-refractivity contribution in [3.63, 3.8) is 0 Å². The Labute approximate surface area is 166 Å². The van der Waals surface area contributed by atoms with Crippen molar-refractivity contribution in [1.29, 1.82) is 0 Å². The predicted octanol–water partition coefficient (Wildman–Crippen LogP) is 3.16. The number of anilines is 2. The van der Waals surface area contributed by atoms with E-state index in [0.717, 1.165) is 36.4 Å². The van der Waals surface area contributed by atoms with Gasteiger partial charge in [0, 0.05) is 50.7 Å². The second-order valence-corrected chi connectivity index (χ2v) is 7.33. The van der Waals surface area contributed by atoms with Gasteiger partial charge in [-0.15, -0.1) is 0 Å². The summed E-state index contributed by atoms with van der Waals surface area (Å²) in [5.74, 6) is 0.707. The normalized spacial score (nSPS) is 16.0. The van der Waals surface area contributed by atoms with Gasteiger partial charge in [-0.05, 0) is 60.9 Å². The lowest BCUT2D eigenvalue weighted by atomic mass is 10.1. The number of rotatable bonds is 7. The quantitative estimate of drug-likeness (QED) is 0.744. The molecule has 0 spiro atoms. The highest BCUT2D eigenvalue weighted by atomic mass is 16.5. The summed E-state index contributed by atoms with van der Waals surface area (Å²) in [7, 11) is 5.60. The van der Waals surface area contributed by atoms with E-state index in [1.165, 1.54) is 0 Å². The molecule has 1 atom stereocenters. The van der Waals surface area contributed by atoms with Crippen molar-refractivity contribution in [2.75, 3.05) is 45.0 Å². The first kappa shape index (κ1) is 20.0. The molecule has 6 heteroatoms. The van der Waals surface area contributed by atoms with Gasteiger partial charge >= 0.3 is 0 Å². The van der Waals surface area contributed by atoms with Crippen molar-refractivity contribution in [3.8, 4) is 5.75 Å². The highest BCUT2D eigenvalue weighted by Gasteiger charge is 2.24. The van der Waals surface area contributed by atoms with Crippen LogP contribution in [-0.2, 0) is 11.3 Å². The summed E-state index contributed by atoms with van der Waals surface area (Å²) in [5, 5.41) is 0. The molecule has 2 aromatic rings. The second-order valence-electron chi connectivity index (χ2n) is 7.33. The van der Waals surface area contributed by atoms with Gasteiger partial charge in [-0.3, -0.25) is 4.79 Å². The Balaban J connectivity index is 1.88. The van der Waals surface area contributed by atoms with Gasteiger partial charge in [-0.1, -0.05) is 0 Å². The first-order valence-electron chi connectivity index (χ1n) is 9.58. The average molecular weight is 383 g/mol. The minimum atomic E-state index is -0.0229. The number of benzene rings is 2.